The van der Waals surface area contributed by atoms with E-state index in [-0.39, 0.29) is 0 Å². The lowest BCUT2D eigenvalue weighted by molar-refractivity contribution is 0.270. The van der Waals surface area contributed by atoms with E-state index in [9.17, 15) is 8.42 Å². The molecular formula is C15H24N2O2S. The molecule has 0 saturated carbocycles. The predicted molar refractivity (Wildman–Crippen MR) is 83.0 cm³/mol. The minimum Gasteiger partial charge on any atom is -0.316 e. The standard InChI is InChI=1S/C15H24N2O2S/c1-6-11-17(15(2,3)4)20(18,19)14-9-7-13(8-10-14)12-16-5/h6-10,16H,1,11-12H2,2-5H3. The summed E-state index contributed by atoms with van der Waals surface area (Å²) in [5, 5.41) is 3.04. The fourth-order valence-electron chi connectivity index (χ4n) is 1.96. The van der Waals surface area contributed by atoms with Gasteiger partial charge in [0, 0.05) is 18.6 Å². The van der Waals surface area contributed by atoms with E-state index in [1.54, 1.807) is 18.2 Å². The van der Waals surface area contributed by atoms with Gasteiger partial charge in [0.1, 0.15) is 0 Å². The number of benzene rings is 1. The number of nitrogens with zero attached hydrogens (tertiary/aromatic N) is 1. The van der Waals surface area contributed by atoms with Gasteiger partial charge in [0.25, 0.3) is 0 Å². The first kappa shape index (κ1) is 16.9. The quantitative estimate of drug-likeness (QED) is 0.820. The number of rotatable bonds is 6. The first-order valence-corrected chi connectivity index (χ1v) is 8.04. The van der Waals surface area contributed by atoms with Gasteiger partial charge < -0.3 is 5.32 Å². The van der Waals surface area contributed by atoms with E-state index in [1.165, 1.54) is 4.31 Å². The van der Waals surface area contributed by atoms with Crippen LogP contribution in [0.3, 0.4) is 0 Å². The van der Waals surface area contributed by atoms with Crippen molar-refractivity contribution in [1.29, 1.82) is 0 Å². The van der Waals surface area contributed by atoms with Crippen LogP contribution in [0.5, 0.6) is 0 Å². The van der Waals surface area contributed by atoms with Crippen molar-refractivity contribution < 1.29 is 8.42 Å². The molecule has 1 aromatic carbocycles. The third-order valence-electron chi connectivity index (χ3n) is 2.94. The Bertz CT molecular complexity index is 542. The van der Waals surface area contributed by atoms with Crippen LogP contribution in [0.1, 0.15) is 26.3 Å². The first-order chi connectivity index (χ1) is 9.23. The maximum Gasteiger partial charge on any atom is 0.243 e. The molecule has 0 aliphatic rings. The fourth-order valence-corrected chi connectivity index (χ4v) is 3.72. The summed E-state index contributed by atoms with van der Waals surface area (Å²) in [6, 6.07) is 6.98. The van der Waals surface area contributed by atoms with Crippen LogP contribution in [0.2, 0.25) is 0 Å². The summed E-state index contributed by atoms with van der Waals surface area (Å²) in [5.41, 5.74) is 0.564. The predicted octanol–water partition coefficient (Wildman–Crippen LogP) is 2.38. The molecule has 1 aromatic rings. The van der Waals surface area contributed by atoms with Crippen LogP contribution in [0.4, 0.5) is 0 Å². The molecule has 0 aromatic heterocycles. The van der Waals surface area contributed by atoms with Crippen LogP contribution in [0, 0.1) is 0 Å². The highest BCUT2D eigenvalue weighted by Crippen LogP contribution is 2.24. The van der Waals surface area contributed by atoms with Gasteiger partial charge in [0.15, 0.2) is 0 Å². The lowest BCUT2D eigenvalue weighted by atomic mass is 10.1. The van der Waals surface area contributed by atoms with E-state index < -0.39 is 15.6 Å². The Morgan fingerprint density at radius 2 is 1.80 bits per heavy atom. The molecular weight excluding hydrogens is 272 g/mol. The summed E-state index contributed by atoms with van der Waals surface area (Å²) in [6.45, 7) is 10.3. The second-order valence-corrected chi connectivity index (χ2v) is 7.53. The maximum absolute atomic E-state index is 12.7. The molecule has 1 rings (SSSR count). The molecule has 112 valence electrons. The average molecular weight is 296 g/mol. The van der Waals surface area contributed by atoms with Gasteiger partial charge in [0.05, 0.1) is 4.90 Å². The largest absolute Gasteiger partial charge is 0.316 e. The van der Waals surface area contributed by atoms with E-state index in [2.05, 4.69) is 11.9 Å². The van der Waals surface area contributed by atoms with Crippen LogP contribution in [-0.2, 0) is 16.6 Å². The molecule has 0 saturated heterocycles. The van der Waals surface area contributed by atoms with Crippen molar-refractivity contribution in [3.63, 3.8) is 0 Å². The van der Waals surface area contributed by atoms with Crippen molar-refractivity contribution in [3.05, 3.63) is 42.5 Å². The maximum atomic E-state index is 12.7. The lowest BCUT2D eigenvalue weighted by Crippen LogP contribution is -2.45. The van der Waals surface area contributed by atoms with Crippen molar-refractivity contribution in [2.24, 2.45) is 0 Å². The zero-order valence-corrected chi connectivity index (χ0v) is 13.5. The van der Waals surface area contributed by atoms with E-state index in [1.807, 2.05) is 40.0 Å². The summed E-state index contributed by atoms with van der Waals surface area (Å²) in [4.78, 5) is 0.314. The SMILES string of the molecule is C=CCN(C(C)(C)C)S(=O)(=O)c1ccc(CNC)cc1. The second-order valence-electron chi connectivity index (χ2n) is 5.67. The van der Waals surface area contributed by atoms with Crippen molar-refractivity contribution in [3.8, 4) is 0 Å². The summed E-state index contributed by atoms with van der Waals surface area (Å²) in [5.74, 6) is 0. The van der Waals surface area contributed by atoms with Gasteiger partial charge in [-0.25, -0.2) is 8.42 Å². The molecule has 0 fully saturated rings. The number of hydrogen-bond donors (Lipinski definition) is 1. The molecule has 0 heterocycles. The highest BCUT2D eigenvalue weighted by Gasteiger charge is 2.32. The summed E-state index contributed by atoms with van der Waals surface area (Å²) < 4.78 is 26.9. The zero-order valence-electron chi connectivity index (χ0n) is 12.7. The lowest BCUT2D eigenvalue weighted by Gasteiger charge is -2.33. The van der Waals surface area contributed by atoms with Crippen molar-refractivity contribution >= 4 is 10.0 Å². The minimum atomic E-state index is -3.51. The Hall–Kier alpha value is -1.17. The number of hydrogen-bond acceptors (Lipinski definition) is 3. The monoisotopic (exact) mass is 296 g/mol. The van der Waals surface area contributed by atoms with E-state index in [0.717, 1.165) is 12.1 Å². The Morgan fingerprint density at radius 1 is 1.25 bits per heavy atom. The van der Waals surface area contributed by atoms with Crippen LogP contribution in [0.15, 0.2) is 41.8 Å². The number of nitrogens with one attached hydrogen (secondary N) is 1. The van der Waals surface area contributed by atoms with Crippen molar-refractivity contribution in [2.75, 3.05) is 13.6 Å². The zero-order chi connectivity index (χ0) is 15.4. The minimum absolute atomic E-state index is 0.296. The summed E-state index contributed by atoms with van der Waals surface area (Å²) in [7, 11) is -1.65. The van der Waals surface area contributed by atoms with Gasteiger partial charge in [-0.1, -0.05) is 18.2 Å². The van der Waals surface area contributed by atoms with E-state index in [4.69, 9.17) is 0 Å². The smallest absolute Gasteiger partial charge is 0.243 e. The molecule has 0 unspecified atom stereocenters. The highest BCUT2D eigenvalue weighted by atomic mass is 32.2. The Balaban J connectivity index is 3.16. The van der Waals surface area contributed by atoms with Gasteiger partial charge >= 0.3 is 0 Å². The average Bonchev–Trinajstić information content (AvgIpc) is 2.35. The number of sulfonamides is 1. The molecule has 1 N–H and O–H groups in total. The normalized spacial score (nSPS) is 12.7. The Morgan fingerprint density at radius 3 is 2.20 bits per heavy atom. The summed E-state index contributed by atoms with van der Waals surface area (Å²) in [6.07, 6.45) is 1.61. The summed E-state index contributed by atoms with van der Waals surface area (Å²) >= 11 is 0. The molecule has 0 atom stereocenters. The van der Waals surface area contributed by atoms with Gasteiger partial charge in [-0.15, -0.1) is 6.58 Å². The topological polar surface area (TPSA) is 49.4 Å². The van der Waals surface area contributed by atoms with Crippen LogP contribution < -0.4 is 5.32 Å². The fraction of sp³-hybridized carbons (Fsp3) is 0.467. The molecule has 5 heteroatoms. The molecule has 0 aliphatic carbocycles. The van der Waals surface area contributed by atoms with Crippen molar-refractivity contribution in [1.82, 2.24) is 9.62 Å². The molecule has 0 bridgehead atoms. The first-order valence-electron chi connectivity index (χ1n) is 6.60. The molecule has 0 amide bonds. The highest BCUT2D eigenvalue weighted by molar-refractivity contribution is 7.89. The molecule has 0 aliphatic heterocycles. The Labute approximate surface area is 122 Å². The molecule has 0 radical (unpaired) electrons. The van der Waals surface area contributed by atoms with Gasteiger partial charge in [-0.3, -0.25) is 0 Å². The molecule has 0 spiro atoms. The van der Waals surface area contributed by atoms with Gasteiger partial charge in [0.2, 0.25) is 10.0 Å². The Kier molecular flexibility index (Phi) is 5.50. The molecule has 20 heavy (non-hydrogen) atoms. The van der Waals surface area contributed by atoms with Gasteiger partial charge in [-0.05, 0) is 45.5 Å². The van der Waals surface area contributed by atoms with Crippen LogP contribution in [0.25, 0.3) is 0 Å². The second kappa shape index (κ2) is 6.52. The van der Waals surface area contributed by atoms with Gasteiger partial charge in [-0.2, -0.15) is 4.31 Å². The van der Waals surface area contributed by atoms with E-state index in [0.29, 0.717) is 11.4 Å². The van der Waals surface area contributed by atoms with E-state index >= 15 is 0 Å². The third-order valence-corrected chi connectivity index (χ3v) is 5.08. The van der Waals surface area contributed by atoms with Crippen LogP contribution >= 0.6 is 0 Å². The van der Waals surface area contributed by atoms with Crippen molar-refractivity contribution in [2.45, 2.75) is 37.8 Å². The third kappa shape index (κ3) is 3.91. The molecule has 4 nitrogen and oxygen atoms in total. The van der Waals surface area contributed by atoms with Crippen LogP contribution in [-0.4, -0.2) is 31.9 Å².